The molecular formula is C18H24N2O4S2. The first-order chi connectivity index (χ1) is 12.3. The molecule has 26 heavy (non-hydrogen) atoms. The Balaban J connectivity index is 1.86. The molecule has 3 heterocycles. The van der Waals surface area contributed by atoms with Crippen LogP contribution in [0, 0.1) is 6.92 Å². The van der Waals surface area contributed by atoms with Gasteiger partial charge in [0.2, 0.25) is 11.8 Å². The third-order valence-corrected chi connectivity index (χ3v) is 7.59. The molecular weight excluding hydrogens is 372 g/mol. The molecule has 142 valence electrons. The maximum atomic E-state index is 12.9. The van der Waals surface area contributed by atoms with Gasteiger partial charge in [-0.25, -0.2) is 4.79 Å². The molecule has 2 atom stereocenters. The van der Waals surface area contributed by atoms with Crippen LogP contribution >= 0.6 is 23.1 Å². The fourth-order valence-electron chi connectivity index (χ4n) is 3.72. The molecule has 6 nitrogen and oxygen atoms in total. The average Bonchev–Trinajstić information content (AvgIpc) is 3.19. The Hall–Kier alpha value is -1.54. The molecule has 2 aliphatic rings. The molecule has 3 rings (SSSR count). The summed E-state index contributed by atoms with van der Waals surface area (Å²) in [6.45, 7) is 7.98. The van der Waals surface area contributed by atoms with Gasteiger partial charge in [0.25, 0.3) is 0 Å². The highest BCUT2D eigenvalue weighted by Gasteiger charge is 2.53. The Morgan fingerprint density at radius 3 is 2.77 bits per heavy atom. The van der Waals surface area contributed by atoms with Crippen molar-refractivity contribution in [2.24, 2.45) is 0 Å². The number of carbonyl (C=O) groups excluding carboxylic acids is 3. The molecule has 8 heteroatoms. The van der Waals surface area contributed by atoms with Crippen molar-refractivity contribution in [3.05, 3.63) is 16.0 Å². The van der Waals surface area contributed by atoms with Gasteiger partial charge in [-0.15, -0.1) is 23.1 Å². The number of aryl methyl sites for hydroxylation is 1. The van der Waals surface area contributed by atoms with Crippen molar-refractivity contribution < 1.29 is 19.1 Å². The van der Waals surface area contributed by atoms with Crippen LogP contribution in [0.25, 0.3) is 0 Å². The highest BCUT2D eigenvalue weighted by atomic mass is 32.2. The number of rotatable bonds is 5. The van der Waals surface area contributed by atoms with Crippen molar-refractivity contribution in [1.29, 1.82) is 0 Å². The Bertz CT molecular complexity index is 761. The normalized spacial score (nSPS) is 24.7. The summed E-state index contributed by atoms with van der Waals surface area (Å²) < 4.78 is 5.18. The predicted octanol–water partition coefficient (Wildman–Crippen LogP) is 3.19. The van der Waals surface area contributed by atoms with Crippen LogP contribution in [0.2, 0.25) is 0 Å². The molecule has 0 bridgehead atoms. The third-order valence-electron chi connectivity index (χ3n) is 5.03. The topological polar surface area (TPSA) is 75.7 Å². The van der Waals surface area contributed by atoms with E-state index in [1.165, 1.54) is 11.3 Å². The second-order valence-electron chi connectivity index (χ2n) is 6.67. The molecule has 1 aromatic heterocycles. The minimum Gasteiger partial charge on any atom is -0.462 e. The van der Waals surface area contributed by atoms with Gasteiger partial charge >= 0.3 is 5.97 Å². The van der Waals surface area contributed by atoms with Crippen LogP contribution in [-0.4, -0.2) is 46.0 Å². The van der Waals surface area contributed by atoms with E-state index in [4.69, 9.17) is 4.74 Å². The molecule has 2 aliphatic heterocycles. The minimum atomic E-state index is -0.498. The molecule has 0 aliphatic carbocycles. The number of carbonyl (C=O) groups is 3. The van der Waals surface area contributed by atoms with E-state index in [-0.39, 0.29) is 23.3 Å². The molecule has 2 fully saturated rings. The van der Waals surface area contributed by atoms with Crippen molar-refractivity contribution in [2.45, 2.75) is 57.9 Å². The van der Waals surface area contributed by atoms with Crippen LogP contribution in [0.15, 0.2) is 0 Å². The maximum absolute atomic E-state index is 12.9. The zero-order valence-electron chi connectivity index (χ0n) is 15.5. The maximum Gasteiger partial charge on any atom is 0.341 e. The number of nitrogens with zero attached hydrogens (tertiary/aromatic N) is 1. The number of anilines is 1. The first-order valence-electron chi connectivity index (χ1n) is 8.88. The van der Waals surface area contributed by atoms with Gasteiger partial charge in [0.05, 0.1) is 17.0 Å². The van der Waals surface area contributed by atoms with E-state index in [2.05, 4.69) is 5.32 Å². The average molecular weight is 397 g/mol. The number of fused-ring (bicyclic) bond motifs is 1. The number of nitrogens with one attached hydrogen (secondary N) is 1. The van der Waals surface area contributed by atoms with Gasteiger partial charge in [-0.1, -0.05) is 6.92 Å². The SMILES string of the molecule is CCOC(=O)c1c(NC(=O)C2CSC3(C)CCC(=O)N23)sc(C)c1CC. The lowest BCUT2D eigenvalue weighted by Crippen LogP contribution is -2.48. The number of thiophene rings is 1. The van der Waals surface area contributed by atoms with E-state index in [1.54, 1.807) is 23.6 Å². The summed E-state index contributed by atoms with van der Waals surface area (Å²) in [5.41, 5.74) is 1.36. The molecule has 2 unspecified atom stereocenters. The fourth-order valence-corrected chi connectivity index (χ4v) is 6.29. The summed E-state index contributed by atoms with van der Waals surface area (Å²) in [6.07, 6.45) is 1.94. The van der Waals surface area contributed by atoms with Gasteiger partial charge in [-0.3, -0.25) is 9.59 Å². The first kappa shape index (κ1) is 19.2. The largest absolute Gasteiger partial charge is 0.462 e. The Labute approximate surface area is 161 Å². The smallest absolute Gasteiger partial charge is 0.341 e. The minimum absolute atomic E-state index is 0.0277. The van der Waals surface area contributed by atoms with E-state index in [0.29, 0.717) is 29.2 Å². The van der Waals surface area contributed by atoms with Gasteiger partial charge in [0.1, 0.15) is 11.0 Å². The second kappa shape index (κ2) is 7.23. The van der Waals surface area contributed by atoms with Gasteiger partial charge in [0, 0.05) is 17.1 Å². The lowest BCUT2D eigenvalue weighted by atomic mass is 10.1. The Morgan fingerprint density at radius 2 is 2.12 bits per heavy atom. The van der Waals surface area contributed by atoms with E-state index in [1.807, 2.05) is 20.8 Å². The number of hydrogen-bond donors (Lipinski definition) is 1. The molecule has 0 spiro atoms. The van der Waals surface area contributed by atoms with Gasteiger partial charge in [-0.05, 0) is 39.2 Å². The molecule has 2 saturated heterocycles. The summed E-state index contributed by atoms with van der Waals surface area (Å²) in [4.78, 5) is 40.0. The lowest BCUT2D eigenvalue weighted by Gasteiger charge is -2.29. The summed E-state index contributed by atoms with van der Waals surface area (Å²) in [7, 11) is 0. The highest BCUT2D eigenvalue weighted by Crippen LogP contribution is 2.47. The molecule has 0 radical (unpaired) electrons. The van der Waals surface area contributed by atoms with Gasteiger partial charge < -0.3 is 15.0 Å². The molecule has 0 aromatic carbocycles. The van der Waals surface area contributed by atoms with Crippen LogP contribution in [0.3, 0.4) is 0 Å². The van der Waals surface area contributed by atoms with Crippen LogP contribution in [-0.2, 0) is 20.7 Å². The number of ether oxygens (including phenoxy) is 1. The molecule has 1 N–H and O–H groups in total. The lowest BCUT2D eigenvalue weighted by molar-refractivity contribution is -0.135. The second-order valence-corrected chi connectivity index (χ2v) is 9.40. The monoisotopic (exact) mass is 396 g/mol. The van der Waals surface area contributed by atoms with Crippen molar-refractivity contribution >= 4 is 45.9 Å². The Kier molecular flexibility index (Phi) is 5.35. The first-order valence-corrected chi connectivity index (χ1v) is 10.7. The van der Waals surface area contributed by atoms with Crippen LogP contribution in [0.1, 0.15) is 54.4 Å². The summed E-state index contributed by atoms with van der Waals surface area (Å²) in [5, 5.41) is 3.43. The van der Waals surface area contributed by atoms with E-state index in [9.17, 15) is 14.4 Å². The number of hydrogen-bond acceptors (Lipinski definition) is 6. The van der Waals surface area contributed by atoms with E-state index < -0.39 is 12.0 Å². The number of thioether (sulfide) groups is 1. The summed E-state index contributed by atoms with van der Waals surface area (Å²) >= 11 is 3.04. The van der Waals surface area contributed by atoms with Crippen LogP contribution < -0.4 is 5.32 Å². The summed E-state index contributed by atoms with van der Waals surface area (Å²) in [5.74, 6) is -0.0361. The summed E-state index contributed by atoms with van der Waals surface area (Å²) in [6, 6.07) is -0.498. The van der Waals surface area contributed by atoms with Crippen LogP contribution in [0.4, 0.5) is 5.00 Å². The van der Waals surface area contributed by atoms with Gasteiger partial charge in [0.15, 0.2) is 0 Å². The van der Waals surface area contributed by atoms with E-state index >= 15 is 0 Å². The van der Waals surface area contributed by atoms with Crippen molar-refractivity contribution in [3.63, 3.8) is 0 Å². The zero-order chi connectivity index (χ0) is 19.1. The number of amides is 2. The third kappa shape index (κ3) is 3.13. The van der Waals surface area contributed by atoms with E-state index in [0.717, 1.165) is 16.9 Å². The highest BCUT2D eigenvalue weighted by molar-refractivity contribution is 8.01. The molecule has 0 saturated carbocycles. The van der Waals surface area contributed by atoms with Crippen molar-refractivity contribution in [3.8, 4) is 0 Å². The number of esters is 1. The van der Waals surface area contributed by atoms with Crippen LogP contribution in [0.5, 0.6) is 0 Å². The molecule has 2 amide bonds. The van der Waals surface area contributed by atoms with Crippen molar-refractivity contribution in [1.82, 2.24) is 4.90 Å². The Morgan fingerprint density at radius 1 is 1.38 bits per heavy atom. The van der Waals surface area contributed by atoms with Crippen molar-refractivity contribution in [2.75, 3.05) is 17.7 Å². The zero-order valence-corrected chi connectivity index (χ0v) is 17.1. The predicted molar refractivity (Wildman–Crippen MR) is 104 cm³/mol. The molecule has 1 aromatic rings. The van der Waals surface area contributed by atoms with Gasteiger partial charge in [-0.2, -0.15) is 0 Å². The standard InChI is InChI=1S/C18H24N2O4S2/c1-5-11-10(3)26-16(14(11)17(23)24-6-2)19-15(22)12-9-25-18(4)8-7-13(21)20(12)18/h12H,5-9H2,1-4H3,(H,19,22). The fraction of sp³-hybridized carbons (Fsp3) is 0.611. The quantitative estimate of drug-likeness (QED) is 0.774.